The Morgan fingerprint density at radius 2 is 1.84 bits per heavy atom. The number of hydrogen-bond donors (Lipinski definition) is 0. The largest absolute Gasteiger partial charge is 0.485 e. The summed E-state index contributed by atoms with van der Waals surface area (Å²) < 4.78 is 16.4. The van der Waals surface area contributed by atoms with Gasteiger partial charge in [0.1, 0.15) is 17.5 Å². The molecular weight excluding hydrogens is 436 g/mol. The van der Waals surface area contributed by atoms with Gasteiger partial charge in [-0.15, -0.1) is 0 Å². The van der Waals surface area contributed by atoms with Gasteiger partial charge in [-0.05, 0) is 49.4 Å². The van der Waals surface area contributed by atoms with Crippen molar-refractivity contribution in [3.05, 3.63) is 53.1 Å². The first-order chi connectivity index (χ1) is 15.4. The molecule has 1 fully saturated rings. The minimum Gasteiger partial charge on any atom is -0.485 e. The summed E-state index contributed by atoms with van der Waals surface area (Å²) >= 11 is 5.86. The second kappa shape index (κ2) is 9.58. The fourth-order valence-electron chi connectivity index (χ4n) is 3.69. The highest BCUT2D eigenvalue weighted by atomic mass is 35.5. The zero-order chi connectivity index (χ0) is 22.7. The molecule has 0 aliphatic carbocycles. The number of hydrogen-bond acceptors (Lipinski definition) is 6. The molecule has 0 unspecified atom stereocenters. The van der Waals surface area contributed by atoms with E-state index in [1.165, 1.54) is 4.90 Å². The van der Waals surface area contributed by atoms with Crippen molar-refractivity contribution in [1.82, 2.24) is 4.90 Å². The summed E-state index contributed by atoms with van der Waals surface area (Å²) in [5.74, 6) is 0.186. The van der Waals surface area contributed by atoms with E-state index in [0.717, 1.165) is 0 Å². The van der Waals surface area contributed by atoms with E-state index < -0.39 is 6.04 Å². The lowest BCUT2D eigenvalue weighted by atomic mass is 10.1. The Morgan fingerprint density at radius 3 is 2.56 bits per heavy atom. The lowest BCUT2D eigenvalue weighted by molar-refractivity contribution is -0.138. The predicted octanol–water partition coefficient (Wildman–Crippen LogP) is 2.57. The molecule has 9 heteroatoms. The van der Waals surface area contributed by atoms with Gasteiger partial charge >= 0.3 is 0 Å². The van der Waals surface area contributed by atoms with Crippen LogP contribution in [0.15, 0.2) is 42.5 Å². The molecule has 32 heavy (non-hydrogen) atoms. The number of benzene rings is 2. The van der Waals surface area contributed by atoms with Crippen molar-refractivity contribution in [3.63, 3.8) is 0 Å². The van der Waals surface area contributed by atoms with Gasteiger partial charge in [-0.2, -0.15) is 0 Å². The third kappa shape index (κ3) is 4.71. The van der Waals surface area contributed by atoms with Crippen molar-refractivity contribution in [3.8, 4) is 11.5 Å². The van der Waals surface area contributed by atoms with Crippen molar-refractivity contribution in [2.45, 2.75) is 13.0 Å². The van der Waals surface area contributed by atoms with Crippen LogP contribution in [0.25, 0.3) is 0 Å². The molecule has 0 aromatic heterocycles. The maximum absolute atomic E-state index is 13.0. The van der Waals surface area contributed by atoms with Crippen LogP contribution in [0.5, 0.6) is 11.5 Å². The maximum Gasteiger partial charge on any atom is 0.265 e. The summed E-state index contributed by atoms with van der Waals surface area (Å²) in [5.41, 5.74) is 0.750. The molecule has 0 N–H and O–H groups in total. The highest BCUT2D eigenvalue weighted by Crippen LogP contribution is 2.35. The fraction of sp³-hybridized carbons (Fsp3) is 0.348. The number of halogens is 1. The number of rotatable bonds is 6. The smallest absolute Gasteiger partial charge is 0.265 e. The monoisotopic (exact) mass is 458 g/mol. The van der Waals surface area contributed by atoms with E-state index in [1.807, 2.05) is 0 Å². The predicted molar refractivity (Wildman–Crippen MR) is 118 cm³/mol. The van der Waals surface area contributed by atoms with Gasteiger partial charge < -0.3 is 19.1 Å². The minimum atomic E-state index is -0.737. The number of carbonyl (C=O) groups is 3. The third-order valence-corrected chi connectivity index (χ3v) is 5.66. The molecule has 0 bridgehead atoms. The maximum atomic E-state index is 13.0. The summed E-state index contributed by atoms with van der Waals surface area (Å²) in [6.07, 6.45) is 0. The summed E-state index contributed by atoms with van der Waals surface area (Å²) in [4.78, 5) is 41.5. The van der Waals surface area contributed by atoms with Crippen LogP contribution < -0.4 is 14.4 Å². The highest BCUT2D eigenvalue weighted by molar-refractivity contribution is 6.30. The first-order valence-corrected chi connectivity index (χ1v) is 10.7. The van der Waals surface area contributed by atoms with Gasteiger partial charge in [-0.25, -0.2) is 0 Å². The number of ether oxygens (including phenoxy) is 3. The number of morpholine rings is 1. The molecule has 1 atom stereocenters. The van der Waals surface area contributed by atoms with Crippen LogP contribution in [0.3, 0.4) is 0 Å². The first kappa shape index (κ1) is 22.1. The molecule has 2 aliphatic heterocycles. The molecule has 0 spiro atoms. The van der Waals surface area contributed by atoms with Gasteiger partial charge in [0.25, 0.3) is 5.91 Å². The molecule has 0 radical (unpaired) electrons. The van der Waals surface area contributed by atoms with E-state index >= 15 is 0 Å². The zero-order valence-electron chi connectivity index (χ0n) is 17.6. The number of carbonyl (C=O) groups excluding carboxylic acids is 3. The van der Waals surface area contributed by atoms with Crippen molar-refractivity contribution in [1.29, 1.82) is 0 Å². The number of anilines is 1. The van der Waals surface area contributed by atoms with Crippen LogP contribution in [0.2, 0.25) is 5.02 Å². The van der Waals surface area contributed by atoms with Gasteiger partial charge in [0.15, 0.2) is 19.0 Å². The molecule has 2 aromatic carbocycles. The quantitative estimate of drug-likeness (QED) is 0.618. The van der Waals surface area contributed by atoms with Crippen LogP contribution in [-0.2, 0) is 14.3 Å². The molecule has 1 saturated heterocycles. The van der Waals surface area contributed by atoms with Gasteiger partial charge in [-0.1, -0.05) is 11.6 Å². The van der Waals surface area contributed by atoms with Crippen LogP contribution in [-0.4, -0.2) is 68.1 Å². The zero-order valence-corrected chi connectivity index (χ0v) is 18.3. The fourth-order valence-corrected chi connectivity index (χ4v) is 3.82. The van der Waals surface area contributed by atoms with Gasteiger partial charge in [0.05, 0.1) is 18.9 Å². The van der Waals surface area contributed by atoms with Crippen LogP contribution >= 0.6 is 11.6 Å². The highest BCUT2D eigenvalue weighted by Gasteiger charge is 2.36. The summed E-state index contributed by atoms with van der Waals surface area (Å²) in [7, 11) is 0. The van der Waals surface area contributed by atoms with E-state index in [-0.39, 0.29) is 30.8 Å². The Balaban J connectivity index is 1.52. The number of nitrogens with zero attached hydrogens (tertiary/aromatic N) is 2. The Labute approximate surface area is 190 Å². The van der Waals surface area contributed by atoms with Gasteiger partial charge in [0.2, 0.25) is 5.91 Å². The van der Waals surface area contributed by atoms with Crippen molar-refractivity contribution >= 4 is 34.9 Å². The molecule has 2 amide bonds. The summed E-state index contributed by atoms with van der Waals surface area (Å²) in [5, 5.41) is 0.573. The normalized spacial score (nSPS) is 16.8. The van der Waals surface area contributed by atoms with E-state index in [1.54, 1.807) is 54.3 Å². The topological polar surface area (TPSA) is 85.4 Å². The molecule has 4 rings (SSSR count). The Hall–Kier alpha value is -3.10. The van der Waals surface area contributed by atoms with E-state index in [2.05, 4.69) is 0 Å². The number of ketones is 1. The van der Waals surface area contributed by atoms with Crippen molar-refractivity contribution in [2.75, 3.05) is 44.4 Å². The molecule has 8 nitrogen and oxygen atoms in total. The lowest BCUT2D eigenvalue weighted by Crippen LogP contribution is -2.54. The molecule has 0 saturated carbocycles. The Morgan fingerprint density at radius 1 is 1.12 bits per heavy atom. The standard InChI is InChI=1S/C23H23ClN2O6/c1-15(23(29)25-8-10-30-11-9-25)26-19-12-16(2-7-21(19)32-14-22(26)28)20(27)13-31-18-5-3-17(24)4-6-18/h2-7,12,15H,8-11,13-14H2,1H3/t15-/m1/s1. The minimum absolute atomic E-state index is 0.166. The molecule has 2 aliphatic rings. The van der Waals surface area contributed by atoms with E-state index in [9.17, 15) is 14.4 Å². The van der Waals surface area contributed by atoms with Crippen molar-refractivity contribution < 1.29 is 28.6 Å². The van der Waals surface area contributed by atoms with Crippen LogP contribution in [0.1, 0.15) is 17.3 Å². The molecular formula is C23H23ClN2O6. The van der Waals surface area contributed by atoms with Gasteiger partial charge in [0, 0.05) is 23.7 Å². The first-order valence-electron chi connectivity index (χ1n) is 10.3. The third-order valence-electron chi connectivity index (χ3n) is 5.41. The summed E-state index contributed by atoms with van der Waals surface area (Å²) in [6, 6.07) is 10.8. The second-order valence-electron chi connectivity index (χ2n) is 7.51. The number of fused-ring (bicyclic) bond motifs is 1. The van der Waals surface area contributed by atoms with Crippen molar-refractivity contribution in [2.24, 2.45) is 0 Å². The number of Topliss-reactive ketones (excluding diaryl/α,β-unsaturated/α-hetero) is 1. The average molecular weight is 459 g/mol. The van der Waals surface area contributed by atoms with E-state index in [4.69, 9.17) is 25.8 Å². The van der Waals surface area contributed by atoms with Crippen LogP contribution in [0, 0.1) is 0 Å². The SMILES string of the molecule is C[C@H](C(=O)N1CCOCC1)N1C(=O)COc2ccc(C(=O)COc3ccc(Cl)cc3)cc21. The van der Waals surface area contributed by atoms with Gasteiger partial charge in [-0.3, -0.25) is 19.3 Å². The second-order valence-corrected chi connectivity index (χ2v) is 7.95. The molecule has 168 valence electrons. The van der Waals surface area contributed by atoms with Crippen LogP contribution in [0.4, 0.5) is 5.69 Å². The Bertz CT molecular complexity index is 1020. The summed E-state index contributed by atoms with van der Waals surface area (Å²) in [6.45, 7) is 3.24. The lowest BCUT2D eigenvalue weighted by Gasteiger charge is -2.37. The van der Waals surface area contributed by atoms with E-state index in [0.29, 0.717) is 54.1 Å². The average Bonchev–Trinajstić information content (AvgIpc) is 2.82. The number of amides is 2. The molecule has 2 heterocycles. The Kier molecular flexibility index (Phi) is 6.62. The molecule has 2 aromatic rings.